The SMILES string of the molecule is C[C@]12CCC3C4CCC(=O)C=C4C4CC4C3C1CCC21C=CC(=O)O1. The second kappa shape index (κ2) is 4.47. The van der Waals surface area contributed by atoms with Crippen molar-refractivity contribution in [2.24, 2.45) is 40.9 Å². The van der Waals surface area contributed by atoms with Crippen LogP contribution in [-0.2, 0) is 14.3 Å². The normalized spacial score (nSPS) is 55.2. The summed E-state index contributed by atoms with van der Waals surface area (Å²) in [5.74, 6) is 4.58. The number of carbonyl (C=O) groups is 2. The molecule has 0 bridgehead atoms. The van der Waals surface area contributed by atoms with E-state index in [1.165, 1.54) is 24.8 Å². The Bertz CT molecular complexity index is 748. The van der Waals surface area contributed by atoms with Gasteiger partial charge in [-0.25, -0.2) is 4.79 Å². The first-order valence-electron chi connectivity index (χ1n) is 10.2. The van der Waals surface area contributed by atoms with Gasteiger partial charge in [-0.05, 0) is 86.2 Å². The lowest BCUT2D eigenvalue weighted by Crippen LogP contribution is -2.53. The van der Waals surface area contributed by atoms with Crippen LogP contribution in [0.5, 0.6) is 0 Å². The zero-order valence-corrected chi connectivity index (χ0v) is 14.9. The molecule has 132 valence electrons. The Morgan fingerprint density at radius 3 is 2.76 bits per heavy atom. The van der Waals surface area contributed by atoms with E-state index < -0.39 is 0 Å². The molecule has 5 aliphatic carbocycles. The second-order valence-corrected chi connectivity index (χ2v) is 9.75. The number of esters is 1. The number of ether oxygens (including phenoxy) is 1. The van der Waals surface area contributed by atoms with Crippen molar-refractivity contribution in [1.29, 1.82) is 0 Å². The number of hydrogen-bond acceptors (Lipinski definition) is 3. The Morgan fingerprint density at radius 1 is 1.08 bits per heavy atom. The molecule has 1 aliphatic heterocycles. The molecule has 4 fully saturated rings. The zero-order valence-electron chi connectivity index (χ0n) is 14.9. The Kier molecular flexibility index (Phi) is 2.64. The number of allylic oxidation sites excluding steroid dienone is 1. The third kappa shape index (κ3) is 1.68. The molecule has 0 radical (unpaired) electrons. The molecule has 0 aromatic rings. The molecule has 6 aliphatic rings. The maximum atomic E-state index is 11.9. The topological polar surface area (TPSA) is 43.4 Å². The van der Waals surface area contributed by atoms with Crippen LogP contribution < -0.4 is 0 Å². The van der Waals surface area contributed by atoms with Gasteiger partial charge in [0.1, 0.15) is 5.60 Å². The van der Waals surface area contributed by atoms with E-state index in [9.17, 15) is 9.59 Å². The average Bonchev–Trinajstić information content (AvgIpc) is 3.23. The van der Waals surface area contributed by atoms with Crippen molar-refractivity contribution in [2.45, 2.75) is 57.5 Å². The lowest BCUT2D eigenvalue weighted by atomic mass is 9.50. The largest absolute Gasteiger partial charge is 0.451 e. The van der Waals surface area contributed by atoms with E-state index in [0.29, 0.717) is 23.5 Å². The standard InChI is InChI=1S/C22H26O3/c1-21-7-4-14-13-3-2-12(23)10-15(13)16-11-17(16)20(14)18(21)5-8-22(21)9-6-19(24)25-22/h6,9-10,13-14,16-18,20H,2-5,7-8,11H2,1H3/t13?,14?,16?,17?,18?,20?,21-,22?/m0/s1. The van der Waals surface area contributed by atoms with Crippen molar-refractivity contribution in [3.05, 3.63) is 23.8 Å². The van der Waals surface area contributed by atoms with Gasteiger partial charge in [0.15, 0.2) is 5.78 Å². The molecule has 3 nitrogen and oxygen atoms in total. The second-order valence-electron chi connectivity index (χ2n) is 9.75. The summed E-state index contributed by atoms with van der Waals surface area (Å²) in [6, 6.07) is 0. The van der Waals surface area contributed by atoms with Crippen molar-refractivity contribution in [2.75, 3.05) is 0 Å². The first-order chi connectivity index (χ1) is 12.0. The van der Waals surface area contributed by atoms with Gasteiger partial charge in [-0.2, -0.15) is 0 Å². The third-order valence-corrected chi connectivity index (χ3v) is 9.08. The molecular weight excluding hydrogens is 312 g/mol. The van der Waals surface area contributed by atoms with E-state index >= 15 is 0 Å². The van der Waals surface area contributed by atoms with Gasteiger partial charge in [0.05, 0.1) is 0 Å². The third-order valence-electron chi connectivity index (χ3n) is 9.08. The predicted molar refractivity (Wildman–Crippen MR) is 92.4 cm³/mol. The van der Waals surface area contributed by atoms with Gasteiger partial charge in [-0.15, -0.1) is 0 Å². The van der Waals surface area contributed by atoms with Crippen molar-refractivity contribution in [3.63, 3.8) is 0 Å². The van der Waals surface area contributed by atoms with E-state index in [-0.39, 0.29) is 17.0 Å². The summed E-state index contributed by atoms with van der Waals surface area (Å²) in [6.07, 6.45) is 13.5. The molecule has 0 aromatic heterocycles. The Morgan fingerprint density at radius 2 is 1.96 bits per heavy atom. The van der Waals surface area contributed by atoms with Crippen molar-refractivity contribution in [1.82, 2.24) is 0 Å². The summed E-state index contributed by atoms with van der Waals surface area (Å²) < 4.78 is 5.93. The van der Waals surface area contributed by atoms with E-state index in [1.807, 2.05) is 6.08 Å². The van der Waals surface area contributed by atoms with Crippen LogP contribution in [-0.4, -0.2) is 17.4 Å². The van der Waals surface area contributed by atoms with Crippen LogP contribution in [0.2, 0.25) is 0 Å². The first kappa shape index (κ1) is 14.8. The highest BCUT2D eigenvalue weighted by Crippen LogP contribution is 2.72. The fourth-order valence-electron chi connectivity index (χ4n) is 7.93. The maximum absolute atomic E-state index is 11.9. The fraction of sp³-hybridized carbons (Fsp3) is 0.727. The Hall–Kier alpha value is -1.38. The monoisotopic (exact) mass is 338 g/mol. The van der Waals surface area contributed by atoms with Crippen LogP contribution >= 0.6 is 0 Å². The zero-order chi connectivity index (χ0) is 17.0. The number of carbonyl (C=O) groups excluding carboxylic acids is 2. The quantitative estimate of drug-likeness (QED) is 0.630. The highest BCUT2D eigenvalue weighted by atomic mass is 16.6. The molecule has 0 amide bonds. The predicted octanol–water partition coefficient (Wildman–Crippen LogP) is 3.84. The molecular formula is C22H26O3. The minimum absolute atomic E-state index is 0.107. The highest BCUT2D eigenvalue weighted by molar-refractivity contribution is 5.91. The Balaban J connectivity index is 1.38. The number of ketones is 1. The number of rotatable bonds is 0. The minimum Gasteiger partial charge on any atom is -0.451 e. The van der Waals surface area contributed by atoms with Crippen molar-refractivity contribution >= 4 is 11.8 Å². The lowest BCUT2D eigenvalue weighted by molar-refractivity contribution is -0.161. The molecule has 6 rings (SSSR count). The van der Waals surface area contributed by atoms with E-state index in [2.05, 4.69) is 13.0 Å². The highest BCUT2D eigenvalue weighted by Gasteiger charge is 2.69. The minimum atomic E-state index is -0.331. The molecule has 4 saturated carbocycles. The van der Waals surface area contributed by atoms with Gasteiger partial charge >= 0.3 is 5.97 Å². The maximum Gasteiger partial charge on any atom is 0.331 e. The number of hydrogen-bond donors (Lipinski definition) is 0. The van der Waals surface area contributed by atoms with Crippen LogP contribution in [0.25, 0.3) is 0 Å². The van der Waals surface area contributed by atoms with Gasteiger partial charge < -0.3 is 4.74 Å². The molecule has 1 heterocycles. The molecule has 8 atom stereocenters. The first-order valence-corrected chi connectivity index (χ1v) is 10.2. The van der Waals surface area contributed by atoms with Crippen molar-refractivity contribution < 1.29 is 14.3 Å². The molecule has 0 saturated heterocycles. The molecule has 1 spiro atoms. The van der Waals surface area contributed by atoms with E-state index in [1.54, 1.807) is 6.08 Å². The molecule has 3 heteroatoms. The van der Waals surface area contributed by atoms with Gasteiger partial charge in [-0.3, -0.25) is 4.79 Å². The lowest BCUT2D eigenvalue weighted by Gasteiger charge is -2.55. The van der Waals surface area contributed by atoms with Crippen LogP contribution in [0.15, 0.2) is 23.8 Å². The van der Waals surface area contributed by atoms with Gasteiger partial charge in [-0.1, -0.05) is 12.5 Å². The van der Waals surface area contributed by atoms with Crippen LogP contribution in [0.4, 0.5) is 0 Å². The molecule has 0 N–H and O–H groups in total. The summed E-state index contributed by atoms with van der Waals surface area (Å²) in [6.45, 7) is 2.40. The smallest absolute Gasteiger partial charge is 0.331 e. The summed E-state index contributed by atoms with van der Waals surface area (Å²) >= 11 is 0. The summed E-state index contributed by atoms with van der Waals surface area (Å²) in [5, 5.41) is 0. The van der Waals surface area contributed by atoms with Crippen LogP contribution in [0, 0.1) is 40.9 Å². The molecule has 0 aromatic carbocycles. The summed E-state index contributed by atoms with van der Waals surface area (Å²) in [4.78, 5) is 23.8. The van der Waals surface area contributed by atoms with E-state index in [4.69, 9.17) is 4.74 Å². The van der Waals surface area contributed by atoms with Gasteiger partial charge in [0.25, 0.3) is 0 Å². The van der Waals surface area contributed by atoms with Crippen molar-refractivity contribution in [3.8, 4) is 0 Å². The van der Waals surface area contributed by atoms with E-state index in [0.717, 1.165) is 43.4 Å². The Labute approximate surface area is 148 Å². The van der Waals surface area contributed by atoms with Gasteiger partial charge in [0, 0.05) is 17.9 Å². The molecule has 25 heavy (non-hydrogen) atoms. The summed E-state index contributed by atoms with van der Waals surface area (Å²) in [7, 11) is 0. The fourth-order valence-corrected chi connectivity index (χ4v) is 7.93. The molecule has 7 unspecified atom stereocenters. The van der Waals surface area contributed by atoms with Crippen LogP contribution in [0.3, 0.4) is 0 Å². The summed E-state index contributed by atoms with van der Waals surface area (Å²) in [5.41, 5.74) is 1.30. The van der Waals surface area contributed by atoms with Gasteiger partial charge in [0.2, 0.25) is 0 Å². The number of fused-ring (bicyclic) bond motifs is 9. The van der Waals surface area contributed by atoms with Crippen LogP contribution in [0.1, 0.15) is 51.9 Å². The average molecular weight is 338 g/mol.